The van der Waals surface area contributed by atoms with Crippen molar-refractivity contribution >= 4 is 29.6 Å². The molecule has 2 rings (SSSR count). The number of nitrogens with zero attached hydrogens (tertiary/aromatic N) is 2. The van der Waals surface area contributed by atoms with Gasteiger partial charge < -0.3 is 35.4 Å². The van der Waals surface area contributed by atoms with Crippen molar-refractivity contribution < 1.29 is 38.9 Å². The first-order valence-corrected chi connectivity index (χ1v) is 11.3. The molecule has 4 unspecified atom stereocenters. The summed E-state index contributed by atoms with van der Waals surface area (Å²) in [5, 5.41) is 24.0. The van der Waals surface area contributed by atoms with Gasteiger partial charge in [0.05, 0.1) is 25.3 Å². The number of hydrogen-bond acceptors (Lipinski definition) is 7. The highest BCUT2D eigenvalue weighted by molar-refractivity contribution is 5.94. The number of β-amino-alcohol motifs (C(OH)–C–C–N with tert-alkyl or cyclic N) is 1. The molecule has 0 spiro atoms. The van der Waals surface area contributed by atoms with Crippen LogP contribution in [0.1, 0.15) is 46.0 Å². The number of aliphatic hydroxyl groups excluding tert-OH is 1. The number of ether oxygens (including phenoxy) is 1. The van der Waals surface area contributed by atoms with E-state index in [-0.39, 0.29) is 44.3 Å². The molecule has 0 bridgehead atoms. The summed E-state index contributed by atoms with van der Waals surface area (Å²) >= 11 is 0. The van der Waals surface area contributed by atoms with E-state index in [1.807, 2.05) is 6.92 Å². The van der Waals surface area contributed by atoms with Gasteiger partial charge in [-0.25, -0.2) is 0 Å². The molecule has 2 aliphatic rings. The Balaban J connectivity index is 1.99. The minimum atomic E-state index is -1.13. The largest absolute Gasteiger partial charge is 0.481 e. The van der Waals surface area contributed by atoms with Crippen LogP contribution in [0.5, 0.6) is 0 Å². The molecule has 4 amide bonds. The smallest absolute Gasteiger partial charge is 0.303 e. The lowest BCUT2D eigenvalue weighted by Crippen LogP contribution is -2.54. The maximum absolute atomic E-state index is 13.0. The number of hydrogen-bond donors (Lipinski definition) is 4. The Hall–Kier alpha value is -2.73. The monoisotopic (exact) mass is 470 g/mol. The third kappa shape index (κ3) is 7.67. The van der Waals surface area contributed by atoms with Crippen LogP contribution in [-0.2, 0) is 28.7 Å². The quantitative estimate of drug-likeness (QED) is 0.282. The van der Waals surface area contributed by atoms with Gasteiger partial charge in [-0.05, 0) is 26.2 Å². The molecule has 0 aromatic carbocycles. The molecule has 0 aromatic heterocycles. The third-order valence-electron chi connectivity index (χ3n) is 5.81. The van der Waals surface area contributed by atoms with Gasteiger partial charge in [0.25, 0.3) is 0 Å². The van der Waals surface area contributed by atoms with Crippen LogP contribution in [0.25, 0.3) is 0 Å². The number of likely N-dealkylation sites (tertiary alicyclic amines) is 2. The third-order valence-corrected chi connectivity index (χ3v) is 5.81. The van der Waals surface area contributed by atoms with E-state index in [4.69, 9.17) is 9.84 Å². The van der Waals surface area contributed by atoms with Crippen molar-refractivity contribution in [2.75, 3.05) is 32.8 Å². The van der Waals surface area contributed by atoms with Crippen molar-refractivity contribution in [2.45, 2.75) is 70.2 Å². The van der Waals surface area contributed by atoms with Gasteiger partial charge in [0.2, 0.25) is 23.6 Å². The van der Waals surface area contributed by atoms with E-state index in [0.29, 0.717) is 19.8 Å². The molecule has 0 aromatic rings. The Morgan fingerprint density at radius 3 is 2.55 bits per heavy atom. The minimum absolute atomic E-state index is 0.0197. The summed E-state index contributed by atoms with van der Waals surface area (Å²) in [5.41, 5.74) is 0. The van der Waals surface area contributed by atoms with Gasteiger partial charge >= 0.3 is 5.97 Å². The molecule has 0 radical (unpaired) electrons. The summed E-state index contributed by atoms with van der Waals surface area (Å²) in [5.74, 6) is -3.13. The second-order valence-electron chi connectivity index (χ2n) is 8.34. The van der Waals surface area contributed by atoms with Gasteiger partial charge in [-0.15, -0.1) is 0 Å². The first-order chi connectivity index (χ1) is 15.6. The molecule has 0 saturated carbocycles. The summed E-state index contributed by atoms with van der Waals surface area (Å²) in [6, 6.07) is -2.20. The fourth-order valence-electron chi connectivity index (χ4n) is 4.25. The van der Waals surface area contributed by atoms with Crippen LogP contribution < -0.4 is 10.6 Å². The summed E-state index contributed by atoms with van der Waals surface area (Å²) in [6.45, 7) is 4.28. The Kier molecular flexibility index (Phi) is 10.0. The number of carboxylic acids is 1. The lowest BCUT2D eigenvalue weighted by molar-refractivity contribution is -0.143. The lowest BCUT2D eigenvalue weighted by Gasteiger charge is -2.29. The first-order valence-electron chi connectivity index (χ1n) is 11.3. The van der Waals surface area contributed by atoms with Gasteiger partial charge in [0.1, 0.15) is 12.1 Å². The van der Waals surface area contributed by atoms with E-state index in [1.54, 1.807) is 4.90 Å². The fourth-order valence-corrected chi connectivity index (χ4v) is 4.25. The Labute approximate surface area is 192 Å². The first kappa shape index (κ1) is 26.5. The minimum Gasteiger partial charge on any atom is -0.481 e. The molecule has 12 nitrogen and oxygen atoms in total. The summed E-state index contributed by atoms with van der Waals surface area (Å²) < 4.78 is 5.42. The van der Waals surface area contributed by atoms with Crippen molar-refractivity contribution in [1.29, 1.82) is 0 Å². The normalized spacial score (nSPS) is 23.3. The van der Waals surface area contributed by atoms with Gasteiger partial charge in [-0.3, -0.25) is 24.0 Å². The number of carbonyl (C=O) groups is 5. The van der Waals surface area contributed by atoms with Crippen LogP contribution in [0.15, 0.2) is 0 Å². The van der Waals surface area contributed by atoms with Crippen LogP contribution in [0.3, 0.4) is 0 Å². The van der Waals surface area contributed by atoms with Crippen molar-refractivity contribution in [3.05, 3.63) is 0 Å². The van der Waals surface area contributed by atoms with Crippen molar-refractivity contribution in [2.24, 2.45) is 0 Å². The highest BCUT2D eigenvalue weighted by Gasteiger charge is 2.41. The molecule has 2 heterocycles. The van der Waals surface area contributed by atoms with Gasteiger partial charge in [0, 0.05) is 39.5 Å². The Morgan fingerprint density at radius 2 is 1.91 bits per heavy atom. The molecule has 2 aliphatic heterocycles. The zero-order valence-electron chi connectivity index (χ0n) is 19.1. The Bertz CT molecular complexity index is 746. The fraction of sp³-hybridized carbons (Fsp3) is 0.762. The van der Waals surface area contributed by atoms with Gasteiger partial charge in [-0.2, -0.15) is 0 Å². The second kappa shape index (κ2) is 12.5. The maximum Gasteiger partial charge on any atom is 0.303 e. The number of carbonyl (C=O) groups excluding carboxylic acids is 4. The molecule has 2 fully saturated rings. The number of aliphatic carboxylic acids is 1. The van der Waals surface area contributed by atoms with E-state index in [0.717, 1.165) is 17.7 Å². The average molecular weight is 471 g/mol. The maximum atomic E-state index is 13.0. The number of aliphatic hydroxyl groups is 1. The lowest BCUT2D eigenvalue weighted by atomic mass is 10.1. The number of rotatable bonds is 11. The average Bonchev–Trinajstić information content (AvgIpc) is 3.38. The zero-order valence-corrected chi connectivity index (χ0v) is 19.1. The predicted molar refractivity (Wildman–Crippen MR) is 115 cm³/mol. The van der Waals surface area contributed by atoms with Crippen molar-refractivity contribution in [3.8, 4) is 0 Å². The summed E-state index contributed by atoms with van der Waals surface area (Å²) in [6.07, 6.45) is 0.217. The molecule has 2 saturated heterocycles. The van der Waals surface area contributed by atoms with Crippen molar-refractivity contribution in [1.82, 2.24) is 20.4 Å². The molecule has 4 atom stereocenters. The van der Waals surface area contributed by atoms with Crippen LogP contribution in [-0.4, -0.2) is 107 Å². The SMILES string of the molecule is CCOCC1CCCN1C(=O)CNC(=O)C1CC(O)CN1C(=O)C(CCC(=O)O)NC(C)=O. The van der Waals surface area contributed by atoms with Crippen LogP contribution in [0.2, 0.25) is 0 Å². The predicted octanol–water partition coefficient (Wildman–Crippen LogP) is -1.54. The number of carboxylic acid groups (broad SMARTS) is 1. The number of amides is 4. The van der Waals surface area contributed by atoms with Crippen LogP contribution >= 0.6 is 0 Å². The van der Waals surface area contributed by atoms with E-state index in [2.05, 4.69) is 10.6 Å². The molecule has 12 heteroatoms. The molecule has 4 N–H and O–H groups in total. The van der Waals surface area contributed by atoms with Gasteiger partial charge in [-0.1, -0.05) is 0 Å². The number of nitrogens with one attached hydrogen (secondary N) is 2. The second-order valence-corrected chi connectivity index (χ2v) is 8.34. The molecular weight excluding hydrogens is 436 g/mol. The van der Waals surface area contributed by atoms with Crippen LogP contribution in [0, 0.1) is 0 Å². The summed E-state index contributed by atoms with van der Waals surface area (Å²) in [7, 11) is 0. The van der Waals surface area contributed by atoms with Crippen LogP contribution in [0.4, 0.5) is 0 Å². The molecule has 0 aliphatic carbocycles. The highest BCUT2D eigenvalue weighted by Crippen LogP contribution is 2.21. The molecule has 33 heavy (non-hydrogen) atoms. The summed E-state index contributed by atoms with van der Waals surface area (Å²) in [4.78, 5) is 63.6. The van der Waals surface area contributed by atoms with E-state index in [9.17, 15) is 29.1 Å². The van der Waals surface area contributed by atoms with E-state index in [1.165, 1.54) is 6.92 Å². The zero-order chi connectivity index (χ0) is 24.5. The van der Waals surface area contributed by atoms with E-state index < -0.39 is 41.9 Å². The topological polar surface area (TPSA) is 166 Å². The van der Waals surface area contributed by atoms with Gasteiger partial charge in [0.15, 0.2) is 0 Å². The standard InChI is InChI=1S/C21H34N4O8/c1-3-33-12-14-5-4-8-24(14)18(28)10-22-20(31)17-9-15(27)11-25(17)21(32)16(23-13(2)26)6-7-19(29)30/h14-17,27H,3-12H2,1-2H3,(H,22,31)(H,23,26)(H,29,30). The molecular formula is C21H34N4O8. The van der Waals surface area contributed by atoms with Crippen molar-refractivity contribution in [3.63, 3.8) is 0 Å². The Morgan fingerprint density at radius 1 is 1.18 bits per heavy atom. The van der Waals surface area contributed by atoms with E-state index >= 15 is 0 Å². The highest BCUT2D eigenvalue weighted by atomic mass is 16.5. The molecule has 186 valence electrons.